The lowest BCUT2D eigenvalue weighted by Crippen LogP contribution is -2.42. The van der Waals surface area contributed by atoms with E-state index in [-0.39, 0.29) is 6.03 Å². The van der Waals surface area contributed by atoms with Gasteiger partial charge in [-0.05, 0) is 44.9 Å². The van der Waals surface area contributed by atoms with Crippen LogP contribution in [0.3, 0.4) is 0 Å². The first kappa shape index (κ1) is 21.9. The number of nitrogens with one attached hydrogen (secondary N) is 1. The number of hydrogen-bond acceptors (Lipinski definition) is 4. The van der Waals surface area contributed by atoms with Crippen LogP contribution in [0.2, 0.25) is 0 Å². The van der Waals surface area contributed by atoms with Crippen LogP contribution >= 0.6 is 0 Å². The SMILES string of the molecule is Cc1cc(C)n(CCCNC(=O)N2CCCN(c3ccc(C(F)(F)F)cn3)CC2)n1. The second-order valence-electron chi connectivity index (χ2n) is 7.47. The summed E-state index contributed by atoms with van der Waals surface area (Å²) in [5, 5.41) is 7.35. The smallest absolute Gasteiger partial charge is 0.355 e. The second-order valence-corrected chi connectivity index (χ2v) is 7.47. The van der Waals surface area contributed by atoms with Gasteiger partial charge < -0.3 is 15.1 Å². The van der Waals surface area contributed by atoms with E-state index >= 15 is 0 Å². The Morgan fingerprint density at radius 3 is 2.60 bits per heavy atom. The molecule has 1 saturated heterocycles. The molecule has 1 N–H and O–H groups in total. The number of nitrogens with zero attached hydrogens (tertiary/aromatic N) is 5. The Balaban J connectivity index is 1.45. The molecule has 164 valence electrons. The van der Waals surface area contributed by atoms with Gasteiger partial charge in [-0.1, -0.05) is 0 Å². The third kappa shape index (κ3) is 5.64. The van der Waals surface area contributed by atoms with Crippen LogP contribution in [0.25, 0.3) is 0 Å². The first-order valence-electron chi connectivity index (χ1n) is 10.1. The zero-order valence-corrected chi connectivity index (χ0v) is 17.2. The highest BCUT2D eigenvalue weighted by atomic mass is 19.4. The highest BCUT2D eigenvalue weighted by Crippen LogP contribution is 2.29. The summed E-state index contributed by atoms with van der Waals surface area (Å²) in [4.78, 5) is 20.1. The summed E-state index contributed by atoms with van der Waals surface area (Å²) < 4.78 is 40.0. The van der Waals surface area contributed by atoms with Gasteiger partial charge in [0.15, 0.2) is 0 Å². The zero-order chi connectivity index (χ0) is 21.7. The number of carbonyl (C=O) groups excluding carboxylic acids is 1. The van der Waals surface area contributed by atoms with E-state index in [1.165, 1.54) is 6.07 Å². The van der Waals surface area contributed by atoms with E-state index < -0.39 is 11.7 Å². The molecule has 1 aliphatic heterocycles. The van der Waals surface area contributed by atoms with E-state index in [9.17, 15) is 18.0 Å². The van der Waals surface area contributed by atoms with E-state index in [4.69, 9.17) is 0 Å². The lowest BCUT2D eigenvalue weighted by Gasteiger charge is -2.23. The average Bonchev–Trinajstić information content (AvgIpc) is 2.89. The Labute approximate surface area is 173 Å². The predicted molar refractivity (Wildman–Crippen MR) is 107 cm³/mol. The van der Waals surface area contributed by atoms with Gasteiger partial charge in [0.25, 0.3) is 0 Å². The molecule has 0 radical (unpaired) electrons. The molecule has 0 saturated carbocycles. The number of urea groups is 1. The summed E-state index contributed by atoms with van der Waals surface area (Å²) in [6, 6.07) is 4.33. The Morgan fingerprint density at radius 2 is 1.97 bits per heavy atom. The fourth-order valence-electron chi connectivity index (χ4n) is 3.53. The highest BCUT2D eigenvalue weighted by molar-refractivity contribution is 5.74. The van der Waals surface area contributed by atoms with Gasteiger partial charge in [-0.15, -0.1) is 0 Å². The number of halogens is 3. The third-order valence-electron chi connectivity index (χ3n) is 5.11. The molecular formula is C20H27F3N6O. The van der Waals surface area contributed by atoms with Crippen molar-refractivity contribution in [1.82, 2.24) is 25.0 Å². The van der Waals surface area contributed by atoms with Crippen LogP contribution in [0.5, 0.6) is 0 Å². The van der Waals surface area contributed by atoms with Crippen molar-refractivity contribution in [3.8, 4) is 0 Å². The Bertz CT molecular complexity index is 849. The molecule has 30 heavy (non-hydrogen) atoms. The number of pyridine rings is 1. The lowest BCUT2D eigenvalue weighted by molar-refractivity contribution is -0.137. The van der Waals surface area contributed by atoms with E-state index in [1.54, 1.807) is 4.90 Å². The molecule has 0 bridgehead atoms. The molecule has 2 aromatic heterocycles. The van der Waals surface area contributed by atoms with Crippen LogP contribution < -0.4 is 10.2 Å². The van der Waals surface area contributed by atoms with Crippen LogP contribution in [0.15, 0.2) is 24.4 Å². The number of amides is 2. The zero-order valence-electron chi connectivity index (χ0n) is 17.2. The molecule has 10 heteroatoms. The van der Waals surface area contributed by atoms with Crippen LogP contribution in [-0.4, -0.2) is 58.4 Å². The van der Waals surface area contributed by atoms with Crippen molar-refractivity contribution in [2.24, 2.45) is 0 Å². The minimum Gasteiger partial charge on any atom is -0.355 e. The van der Waals surface area contributed by atoms with Gasteiger partial charge in [0.05, 0.1) is 11.3 Å². The van der Waals surface area contributed by atoms with Crippen molar-refractivity contribution in [2.45, 2.75) is 39.4 Å². The summed E-state index contributed by atoms with van der Waals surface area (Å²) >= 11 is 0. The molecule has 0 aromatic carbocycles. The van der Waals surface area contributed by atoms with Gasteiger partial charge in [0.1, 0.15) is 5.82 Å². The number of rotatable bonds is 5. The largest absolute Gasteiger partial charge is 0.417 e. The van der Waals surface area contributed by atoms with Gasteiger partial charge in [-0.2, -0.15) is 18.3 Å². The van der Waals surface area contributed by atoms with Gasteiger partial charge >= 0.3 is 12.2 Å². The average molecular weight is 424 g/mol. The van der Waals surface area contributed by atoms with Gasteiger partial charge in [-0.3, -0.25) is 4.68 Å². The Kier molecular flexibility index (Phi) is 6.84. The van der Waals surface area contributed by atoms with Gasteiger partial charge in [0.2, 0.25) is 0 Å². The first-order valence-corrected chi connectivity index (χ1v) is 10.1. The van der Waals surface area contributed by atoms with Crippen LogP contribution in [0.1, 0.15) is 29.8 Å². The quantitative estimate of drug-likeness (QED) is 0.749. The van der Waals surface area contributed by atoms with Crippen molar-refractivity contribution in [3.63, 3.8) is 0 Å². The highest BCUT2D eigenvalue weighted by Gasteiger charge is 2.31. The summed E-state index contributed by atoms with van der Waals surface area (Å²) in [5.41, 5.74) is 1.32. The molecule has 2 amide bonds. The molecular weight excluding hydrogens is 397 g/mol. The summed E-state index contributed by atoms with van der Waals surface area (Å²) in [6.07, 6.45) is -2.04. The lowest BCUT2D eigenvalue weighted by atomic mass is 10.2. The normalized spacial score (nSPS) is 15.2. The van der Waals surface area contributed by atoms with Crippen molar-refractivity contribution < 1.29 is 18.0 Å². The number of anilines is 1. The Morgan fingerprint density at radius 1 is 1.17 bits per heavy atom. The fraction of sp³-hybridized carbons (Fsp3) is 0.550. The van der Waals surface area contributed by atoms with Crippen molar-refractivity contribution >= 4 is 11.8 Å². The monoisotopic (exact) mass is 424 g/mol. The molecule has 7 nitrogen and oxygen atoms in total. The maximum Gasteiger partial charge on any atom is 0.417 e. The molecule has 1 fully saturated rings. The van der Waals surface area contributed by atoms with Crippen LogP contribution in [-0.2, 0) is 12.7 Å². The summed E-state index contributed by atoms with van der Waals surface area (Å²) in [7, 11) is 0. The van der Waals surface area contributed by atoms with Crippen molar-refractivity contribution in [1.29, 1.82) is 0 Å². The molecule has 3 rings (SSSR count). The molecule has 0 atom stereocenters. The Hall–Kier alpha value is -2.78. The summed E-state index contributed by atoms with van der Waals surface area (Å²) in [5.74, 6) is 0.496. The topological polar surface area (TPSA) is 66.3 Å². The third-order valence-corrected chi connectivity index (χ3v) is 5.11. The van der Waals surface area contributed by atoms with E-state index in [1.807, 2.05) is 29.5 Å². The number of carbonyl (C=O) groups is 1. The number of aromatic nitrogens is 3. The van der Waals surface area contributed by atoms with Crippen LogP contribution in [0, 0.1) is 13.8 Å². The van der Waals surface area contributed by atoms with E-state index in [0.29, 0.717) is 38.5 Å². The van der Waals surface area contributed by atoms with Gasteiger partial charge in [0, 0.05) is 51.2 Å². The predicted octanol–water partition coefficient (Wildman–Crippen LogP) is 3.23. The molecule has 2 aromatic rings. The molecule has 0 aliphatic carbocycles. The van der Waals surface area contributed by atoms with Crippen molar-refractivity contribution in [2.75, 3.05) is 37.6 Å². The standard InChI is InChI=1S/C20H27F3N6O/c1-15-13-16(2)29(26-15)10-3-7-24-19(30)28-9-4-8-27(11-12-28)18-6-5-17(14-25-18)20(21,22)23/h5-6,13-14H,3-4,7-12H2,1-2H3,(H,24,30). The van der Waals surface area contributed by atoms with E-state index in [0.717, 1.165) is 43.0 Å². The van der Waals surface area contributed by atoms with Crippen molar-refractivity contribution in [3.05, 3.63) is 41.3 Å². The molecule has 1 aliphatic rings. The maximum atomic E-state index is 12.7. The number of hydrogen-bond donors (Lipinski definition) is 1. The second kappa shape index (κ2) is 9.36. The fourth-order valence-corrected chi connectivity index (χ4v) is 3.53. The minimum atomic E-state index is -4.39. The first-order chi connectivity index (χ1) is 14.2. The summed E-state index contributed by atoms with van der Waals surface area (Å²) in [6.45, 7) is 7.51. The van der Waals surface area contributed by atoms with E-state index in [2.05, 4.69) is 15.4 Å². The molecule has 3 heterocycles. The minimum absolute atomic E-state index is 0.120. The number of aryl methyl sites for hydroxylation is 3. The van der Waals surface area contributed by atoms with Crippen LogP contribution in [0.4, 0.5) is 23.8 Å². The molecule has 0 unspecified atom stereocenters. The molecule has 0 spiro atoms. The van der Waals surface area contributed by atoms with Gasteiger partial charge in [-0.25, -0.2) is 9.78 Å². The maximum absolute atomic E-state index is 12.7. The number of alkyl halides is 3.